The van der Waals surface area contributed by atoms with Crippen molar-refractivity contribution in [1.82, 2.24) is 19.8 Å². The molecule has 2 aromatic heterocycles. The minimum absolute atomic E-state index is 0. The number of amides is 1. The Morgan fingerprint density at radius 1 is 1.07 bits per heavy atom. The molecule has 1 aliphatic heterocycles. The van der Waals surface area contributed by atoms with Crippen LogP contribution in [0.5, 0.6) is 0 Å². The zero-order valence-corrected chi connectivity index (χ0v) is 18.4. The van der Waals surface area contributed by atoms with Crippen LogP contribution in [-0.4, -0.2) is 51.9 Å². The molecule has 0 N–H and O–H groups in total. The Morgan fingerprint density at radius 2 is 1.79 bits per heavy atom. The van der Waals surface area contributed by atoms with Crippen LogP contribution >= 0.6 is 35.1 Å². The molecule has 0 spiro atoms. The van der Waals surface area contributed by atoms with Gasteiger partial charge in [0.05, 0.1) is 16.4 Å². The van der Waals surface area contributed by atoms with Crippen molar-refractivity contribution in [2.45, 2.75) is 20.4 Å². The number of aryl methyl sites for hydroxylation is 2. The van der Waals surface area contributed by atoms with E-state index in [0.29, 0.717) is 0 Å². The second-order valence-corrected chi connectivity index (χ2v) is 8.79. The molecule has 1 aliphatic rings. The lowest BCUT2D eigenvalue weighted by Crippen LogP contribution is -2.48. The van der Waals surface area contributed by atoms with Crippen LogP contribution in [-0.2, 0) is 6.54 Å². The molecule has 0 atom stereocenters. The summed E-state index contributed by atoms with van der Waals surface area (Å²) in [6.45, 7) is 7.96. The molecule has 1 amide bonds. The quantitative estimate of drug-likeness (QED) is 0.615. The molecular weight excluding hydrogens is 412 g/mol. The van der Waals surface area contributed by atoms with Crippen molar-refractivity contribution in [2.75, 3.05) is 26.2 Å². The van der Waals surface area contributed by atoms with Crippen molar-refractivity contribution in [3.05, 3.63) is 57.0 Å². The van der Waals surface area contributed by atoms with Gasteiger partial charge in [0.15, 0.2) is 0 Å². The first kappa shape index (κ1) is 20.9. The number of hydrogen-bond donors (Lipinski definition) is 0. The minimum Gasteiger partial charge on any atom is -0.335 e. The number of thiazole rings is 2. The van der Waals surface area contributed by atoms with Gasteiger partial charge in [0.2, 0.25) is 0 Å². The molecule has 1 saturated heterocycles. The smallest absolute Gasteiger partial charge is 0.265 e. The topological polar surface area (TPSA) is 49.3 Å². The number of rotatable bonds is 4. The largest absolute Gasteiger partial charge is 0.335 e. The molecular formula is C20H23ClN4OS2. The summed E-state index contributed by atoms with van der Waals surface area (Å²) in [5, 5.41) is 4.16. The summed E-state index contributed by atoms with van der Waals surface area (Å²) < 4.78 is 0. The summed E-state index contributed by atoms with van der Waals surface area (Å²) in [6, 6.07) is 10.3. The number of benzene rings is 1. The standard InChI is InChI=1S/C20H22N4OS2.ClH/c1-14-18(27-15(2)21-14)20(25)24-10-8-23(9-11-24)12-17-13-26-19(22-17)16-6-4-3-5-7-16;/h3-7,13H,8-12H2,1-2H3;1H. The Labute approximate surface area is 179 Å². The first-order valence-corrected chi connectivity index (χ1v) is 10.8. The molecule has 0 saturated carbocycles. The summed E-state index contributed by atoms with van der Waals surface area (Å²) in [4.78, 5) is 27.0. The third-order valence-electron chi connectivity index (χ3n) is 4.72. The van der Waals surface area contributed by atoms with Crippen LogP contribution in [0, 0.1) is 13.8 Å². The Bertz CT molecular complexity index is 933. The van der Waals surface area contributed by atoms with Crippen LogP contribution in [0.4, 0.5) is 0 Å². The second-order valence-electron chi connectivity index (χ2n) is 6.73. The van der Waals surface area contributed by atoms with Crippen LogP contribution in [0.25, 0.3) is 10.6 Å². The van der Waals surface area contributed by atoms with E-state index in [4.69, 9.17) is 4.98 Å². The normalized spacial score (nSPS) is 14.7. The van der Waals surface area contributed by atoms with E-state index in [1.54, 1.807) is 11.3 Å². The monoisotopic (exact) mass is 434 g/mol. The fourth-order valence-electron chi connectivity index (χ4n) is 3.30. The van der Waals surface area contributed by atoms with Crippen molar-refractivity contribution in [1.29, 1.82) is 0 Å². The average Bonchev–Trinajstić information content (AvgIpc) is 3.28. The van der Waals surface area contributed by atoms with Gasteiger partial charge in [0.25, 0.3) is 5.91 Å². The summed E-state index contributed by atoms with van der Waals surface area (Å²) >= 11 is 3.19. The van der Waals surface area contributed by atoms with Gasteiger partial charge in [-0.15, -0.1) is 35.1 Å². The number of carbonyl (C=O) groups is 1. The highest BCUT2D eigenvalue weighted by atomic mass is 35.5. The van der Waals surface area contributed by atoms with Gasteiger partial charge in [0.1, 0.15) is 9.88 Å². The van der Waals surface area contributed by atoms with E-state index >= 15 is 0 Å². The highest BCUT2D eigenvalue weighted by Crippen LogP contribution is 2.24. The van der Waals surface area contributed by atoms with Crippen LogP contribution in [0.15, 0.2) is 35.7 Å². The van der Waals surface area contributed by atoms with Crippen molar-refractivity contribution >= 4 is 41.0 Å². The van der Waals surface area contributed by atoms with Crippen LogP contribution in [0.2, 0.25) is 0 Å². The molecule has 3 aromatic rings. The lowest BCUT2D eigenvalue weighted by atomic mass is 10.2. The number of aromatic nitrogens is 2. The summed E-state index contributed by atoms with van der Waals surface area (Å²) in [7, 11) is 0. The first-order valence-electron chi connectivity index (χ1n) is 9.05. The number of nitrogens with zero attached hydrogens (tertiary/aromatic N) is 4. The van der Waals surface area contributed by atoms with E-state index in [-0.39, 0.29) is 18.3 Å². The Balaban J connectivity index is 0.00000225. The Hall–Kier alpha value is -1.80. The van der Waals surface area contributed by atoms with Crippen molar-refractivity contribution in [3.8, 4) is 10.6 Å². The van der Waals surface area contributed by atoms with Gasteiger partial charge in [-0.05, 0) is 13.8 Å². The zero-order chi connectivity index (χ0) is 18.8. The van der Waals surface area contributed by atoms with Gasteiger partial charge in [0, 0.05) is 43.7 Å². The Morgan fingerprint density at radius 3 is 2.43 bits per heavy atom. The van der Waals surface area contributed by atoms with Crippen molar-refractivity contribution in [3.63, 3.8) is 0 Å². The lowest BCUT2D eigenvalue weighted by molar-refractivity contribution is 0.0631. The van der Waals surface area contributed by atoms with Gasteiger partial charge in [-0.25, -0.2) is 9.97 Å². The number of piperazine rings is 1. The predicted octanol–water partition coefficient (Wildman–Crippen LogP) is 4.26. The summed E-state index contributed by atoms with van der Waals surface area (Å²) in [5.74, 6) is 0.123. The van der Waals surface area contributed by atoms with Crippen LogP contribution in [0.1, 0.15) is 26.1 Å². The molecule has 5 nitrogen and oxygen atoms in total. The van der Waals surface area contributed by atoms with Crippen LogP contribution in [0.3, 0.4) is 0 Å². The molecule has 28 heavy (non-hydrogen) atoms. The van der Waals surface area contributed by atoms with Crippen molar-refractivity contribution < 1.29 is 4.79 Å². The fourth-order valence-corrected chi connectivity index (χ4v) is 5.01. The molecule has 8 heteroatoms. The molecule has 148 valence electrons. The van der Waals surface area contributed by atoms with Gasteiger partial charge in [-0.2, -0.15) is 0 Å². The molecule has 0 aliphatic carbocycles. The third-order valence-corrected chi connectivity index (χ3v) is 6.72. The summed E-state index contributed by atoms with van der Waals surface area (Å²) in [6.07, 6.45) is 0. The predicted molar refractivity (Wildman–Crippen MR) is 118 cm³/mol. The third kappa shape index (κ3) is 4.60. The number of carbonyl (C=O) groups excluding carboxylic acids is 1. The van der Waals surface area contributed by atoms with E-state index in [9.17, 15) is 4.79 Å². The van der Waals surface area contributed by atoms with Crippen LogP contribution < -0.4 is 0 Å². The molecule has 1 aromatic carbocycles. The maximum Gasteiger partial charge on any atom is 0.265 e. The molecule has 4 rings (SSSR count). The van der Waals surface area contributed by atoms with E-state index in [0.717, 1.165) is 59.0 Å². The fraction of sp³-hybridized carbons (Fsp3) is 0.350. The minimum atomic E-state index is 0. The van der Waals surface area contributed by atoms with Gasteiger partial charge in [-0.1, -0.05) is 30.3 Å². The highest BCUT2D eigenvalue weighted by Gasteiger charge is 2.25. The molecule has 0 bridgehead atoms. The van der Waals surface area contributed by atoms with E-state index in [1.807, 2.05) is 36.9 Å². The molecule has 3 heterocycles. The summed E-state index contributed by atoms with van der Waals surface area (Å²) in [5.41, 5.74) is 3.12. The molecule has 0 radical (unpaired) electrons. The maximum absolute atomic E-state index is 12.7. The van der Waals surface area contributed by atoms with E-state index in [1.165, 1.54) is 16.9 Å². The average molecular weight is 435 g/mol. The van der Waals surface area contributed by atoms with E-state index in [2.05, 4.69) is 27.4 Å². The van der Waals surface area contributed by atoms with Gasteiger partial charge < -0.3 is 4.90 Å². The maximum atomic E-state index is 12.7. The SMILES string of the molecule is Cc1nc(C)c(C(=O)N2CCN(Cc3csc(-c4ccccc4)n3)CC2)s1.Cl. The molecule has 0 unspecified atom stereocenters. The highest BCUT2D eigenvalue weighted by molar-refractivity contribution is 7.13. The first-order chi connectivity index (χ1) is 13.1. The number of hydrogen-bond acceptors (Lipinski definition) is 6. The van der Waals surface area contributed by atoms with Gasteiger partial charge in [-0.3, -0.25) is 9.69 Å². The number of halogens is 1. The van der Waals surface area contributed by atoms with Crippen molar-refractivity contribution in [2.24, 2.45) is 0 Å². The van der Waals surface area contributed by atoms with E-state index < -0.39 is 0 Å². The lowest BCUT2D eigenvalue weighted by Gasteiger charge is -2.34. The van der Waals surface area contributed by atoms with Gasteiger partial charge >= 0.3 is 0 Å². The second kappa shape index (κ2) is 9.13. The zero-order valence-electron chi connectivity index (χ0n) is 15.9. The molecule has 1 fully saturated rings. The Kier molecular flexibility index (Phi) is 6.82.